The second-order valence-corrected chi connectivity index (χ2v) is 10.9. The summed E-state index contributed by atoms with van der Waals surface area (Å²) < 4.78 is 3.37. The van der Waals surface area contributed by atoms with Gasteiger partial charge in [-0.05, 0) is 67.8 Å². The van der Waals surface area contributed by atoms with Crippen molar-refractivity contribution in [3.8, 4) is 0 Å². The Kier molecular flexibility index (Phi) is 3.72. The first kappa shape index (κ1) is 14.7. The lowest BCUT2D eigenvalue weighted by Gasteiger charge is -2.69. The molecule has 0 heterocycles. The van der Waals surface area contributed by atoms with Gasteiger partial charge >= 0.3 is 0 Å². The predicted octanol–water partition coefficient (Wildman–Crippen LogP) is 6.77. The molecule has 3 saturated carbocycles. The number of halogens is 2. The van der Waals surface area contributed by atoms with Gasteiger partial charge in [-0.1, -0.05) is 31.9 Å². The number of thioether (sulfide) groups is 2. The maximum absolute atomic E-state index is 3.50. The molecular weight excluding hydrogens is 428 g/mol. The minimum atomic E-state index is 0.524. The van der Waals surface area contributed by atoms with Gasteiger partial charge in [0.15, 0.2) is 0 Å². The van der Waals surface area contributed by atoms with Gasteiger partial charge in [-0.2, -0.15) is 0 Å². The van der Waals surface area contributed by atoms with E-state index in [1.54, 1.807) is 0 Å². The molecule has 0 N–H and O–H groups in total. The van der Waals surface area contributed by atoms with Gasteiger partial charge in [0.25, 0.3) is 0 Å². The smallest absolute Gasteiger partial charge is 0.0247 e. The van der Waals surface area contributed by atoms with Crippen LogP contribution in [-0.4, -0.2) is 9.49 Å². The van der Waals surface area contributed by atoms with Gasteiger partial charge in [0.05, 0.1) is 0 Å². The maximum atomic E-state index is 3.50. The van der Waals surface area contributed by atoms with Crippen molar-refractivity contribution in [1.29, 1.82) is 0 Å². The summed E-state index contributed by atoms with van der Waals surface area (Å²) in [5.41, 5.74) is 0. The summed E-state index contributed by atoms with van der Waals surface area (Å²) in [5.74, 6) is 0. The Balaban J connectivity index is 1.37. The summed E-state index contributed by atoms with van der Waals surface area (Å²) in [6, 6.07) is 17.5. The highest BCUT2D eigenvalue weighted by Gasteiger charge is 2.68. The van der Waals surface area contributed by atoms with Crippen molar-refractivity contribution >= 4 is 55.4 Å². The molecule has 0 spiro atoms. The van der Waals surface area contributed by atoms with Gasteiger partial charge < -0.3 is 0 Å². The molecule has 2 aromatic rings. The second kappa shape index (κ2) is 5.33. The summed E-state index contributed by atoms with van der Waals surface area (Å²) in [5, 5.41) is 0. The lowest BCUT2D eigenvalue weighted by molar-refractivity contribution is 0.0977. The molecule has 4 heteroatoms. The highest BCUT2D eigenvalue weighted by atomic mass is 79.9. The molecule has 0 aliphatic heterocycles. The summed E-state index contributed by atoms with van der Waals surface area (Å²) >= 11 is 11.2. The SMILES string of the molecule is Brc1ccc(SC23CC(Sc4ccc(Br)cc4)(C2)C3)cc1. The quantitative estimate of drug-likeness (QED) is 0.513. The first-order valence-electron chi connectivity index (χ1n) is 6.96. The highest BCUT2D eigenvalue weighted by molar-refractivity contribution is 9.10. The molecule has 0 unspecified atom stereocenters. The molecule has 0 radical (unpaired) electrons. The lowest BCUT2D eigenvalue weighted by atomic mass is 9.54. The molecule has 2 bridgehead atoms. The van der Waals surface area contributed by atoms with Crippen LogP contribution in [0.25, 0.3) is 0 Å². The van der Waals surface area contributed by atoms with Crippen LogP contribution in [0, 0.1) is 0 Å². The standard InChI is InChI=1S/C17H14Br2S2/c18-12-1-5-14(6-2-12)20-16-9-17(10-16,11-16)21-15-7-3-13(19)4-8-15/h1-8H,9-11H2. The maximum Gasteiger partial charge on any atom is 0.0247 e. The fourth-order valence-corrected chi connectivity index (χ4v) is 7.77. The van der Waals surface area contributed by atoms with Crippen LogP contribution in [0.3, 0.4) is 0 Å². The van der Waals surface area contributed by atoms with Crippen molar-refractivity contribution in [2.75, 3.05) is 0 Å². The normalized spacial score (nSPS) is 29.6. The molecular formula is C17H14Br2S2. The Morgan fingerprint density at radius 3 is 1.29 bits per heavy atom. The fraction of sp³-hybridized carbons (Fsp3) is 0.294. The Bertz CT molecular complexity index is 587. The lowest BCUT2D eigenvalue weighted by Crippen LogP contribution is -2.68. The summed E-state index contributed by atoms with van der Waals surface area (Å²) in [6.07, 6.45) is 4.05. The average molecular weight is 442 g/mol. The first-order chi connectivity index (χ1) is 10.1. The molecule has 0 aromatic heterocycles. The largest absolute Gasteiger partial charge is 0.119 e. The minimum Gasteiger partial charge on any atom is -0.119 e. The molecule has 0 atom stereocenters. The van der Waals surface area contributed by atoms with Crippen molar-refractivity contribution < 1.29 is 0 Å². The van der Waals surface area contributed by atoms with Crippen LogP contribution in [0.4, 0.5) is 0 Å². The van der Waals surface area contributed by atoms with Gasteiger partial charge in [-0.3, -0.25) is 0 Å². The van der Waals surface area contributed by atoms with Crippen LogP contribution < -0.4 is 0 Å². The van der Waals surface area contributed by atoms with Crippen molar-refractivity contribution in [2.45, 2.75) is 38.5 Å². The molecule has 5 rings (SSSR count). The van der Waals surface area contributed by atoms with Crippen LogP contribution >= 0.6 is 55.4 Å². The molecule has 0 saturated heterocycles. The summed E-state index contributed by atoms with van der Waals surface area (Å²) in [7, 11) is 0. The summed E-state index contributed by atoms with van der Waals surface area (Å²) in [4.78, 5) is 2.81. The monoisotopic (exact) mass is 440 g/mol. The van der Waals surface area contributed by atoms with Crippen LogP contribution in [0.1, 0.15) is 19.3 Å². The zero-order chi connectivity index (χ0) is 14.5. The van der Waals surface area contributed by atoms with Crippen LogP contribution in [-0.2, 0) is 0 Å². The molecule has 0 amide bonds. The van der Waals surface area contributed by atoms with E-state index in [-0.39, 0.29) is 0 Å². The van der Waals surface area contributed by atoms with E-state index in [0.29, 0.717) is 9.49 Å². The van der Waals surface area contributed by atoms with E-state index in [1.807, 2.05) is 0 Å². The van der Waals surface area contributed by atoms with E-state index in [0.717, 1.165) is 8.95 Å². The Labute approximate surface area is 150 Å². The topological polar surface area (TPSA) is 0 Å². The van der Waals surface area contributed by atoms with E-state index in [2.05, 4.69) is 104 Å². The fourth-order valence-electron chi connectivity index (χ4n) is 3.33. The first-order valence-corrected chi connectivity index (χ1v) is 10.2. The van der Waals surface area contributed by atoms with E-state index in [1.165, 1.54) is 29.1 Å². The van der Waals surface area contributed by atoms with Gasteiger partial charge in [-0.25, -0.2) is 0 Å². The zero-order valence-corrected chi connectivity index (χ0v) is 16.1. The predicted molar refractivity (Wildman–Crippen MR) is 99.3 cm³/mol. The third kappa shape index (κ3) is 2.85. The van der Waals surface area contributed by atoms with Gasteiger partial charge in [0.2, 0.25) is 0 Å². The average Bonchev–Trinajstić information content (AvgIpc) is 2.40. The van der Waals surface area contributed by atoms with E-state index < -0.39 is 0 Å². The Hall–Kier alpha value is 0.1000. The molecule has 0 nitrogen and oxygen atoms in total. The third-order valence-corrected chi connectivity index (χ3v) is 8.03. The number of benzene rings is 2. The van der Waals surface area contributed by atoms with E-state index in [9.17, 15) is 0 Å². The molecule has 3 aliphatic rings. The molecule has 3 fully saturated rings. The Morgan fingerprint density at radius 2 is 0.952 bits per heavy atom. The third-order valence-electron chi connectivity index (χ3n) is 4.23. The van der Waals surface area contributed by atoms with Crippen LogP contribution in [0.5, 0.6) is 0 Å². The molecule has 21 heavy (non-hydrogen) atoms. The summed E-state index contributed by atoms with van der Waals surface area (Å²) in [6.45, 7) is 0. The molecule has 2 aromatic carbocycles. The number of hydrogen-bond acceptors (Lipinski definition) is 2. The molecule has 108 valence electrons. The van der Waals surface area contributed by atoms with Crippen molar-refractivity contribution in [1.82, 2.24) is 0 Å². The number of rotatable bonds is 4. The highest BCUT2D eigenvalue weighted by Crippen LogP contribution is 2.75. The van der Waals surface area contributed by atoms with Gasteiger partial charge in [0, 0.05) is 28.2 Å². The van der Waals surface area contributed by atoms with Gasteiger partial charge in [-0.15, -0.1) is 23.5 Å². The van der Waals surface area contributed by atoms with E-state index in [4.69, 9.17) is 0 Å². The number of hydrogen-bond donors (Lipinski definition) is 0. The second-order valence-electron chi connectivity index (χ2n) is 6.01. The zero-order valence-electron chi connectivity index (χ0n) is 11.3. The van der Waals surface area contributed by atoms with Crippen LogP contribution in [0.15, 0.2) is 67.3 Å². The van der Waals surface area contributed by atoms with Gasteiger partial charge in [0.1, 0.15) is 0 Å². The minimum absolute atomic E-state index is 0.524. The molecule has 3 aliphatic carbocycles. The van der Waals surface area contributed by atoms with Crippen molar-refractivity contribution in [3.05, 3.63) is 57.5 Å². The van der Waals surface area contributed by atoms with Crippen molar-refractivity contribution in [3.63, 3.8) is 0 Å². The Morgan fingerprint density at radius 1 is 0.619 bits per heavy atom. The van der Waals surface area contributed by atoms with E-state index >= 15 is 0 Å². The van der Waals surface area contributed by atoms with Crippen LogP contribution in [0.2, 0.25) is 0 Å². The van der Waals surface area contributed by atoms with Crippen molar-refractivity contribution in [2.24, 2.45) is 0 Å².